The van der Waals surface area contributed by atoms with E-state index in [1.165, 1.54) is 0 Å². The Balaban J connectivity index is 1.92. The van der Waals surface area contributed by atoms with Crippen molar-refractivity contribution < 1.29 is 9.84 Å². The van der Waals surface area contributed by atoms with Gasteiger partial charge in [-0.25, -0.2) is 0 Å². The minimum absolute atomic E-state index is 0.266. The predicted octanol–water partition coefficient (Wildman–Crippen LogP) is 5.16. The Morgan fingerprint density at radius 2 is 1.86 bits per heavy atom. The molecule has 0 unspecified atom stereocenters. The zero-order valence-electron chi connectivity index (χ0n) is 12.6. The average Bonchev–Trinajstić information content (AvgIpc) is 2.85. The fraction of sp³-hybridized carbons (Fsp3) is 0.222. The van der Waals surface area contributed by atoms with Crippen LogP contribution in [0.2, 0.25) is 5.02 Å². The molecule has 0 spiro atoms. The molecule has 3 nitrogen and oxygen atoms in total. The Morgan fingerprint density at radius 3 is 2.55 bits per heavy atom. The summed E-state index contributed by atoms with van der Waals surface area (Å²) in [5.41, 5.74) is 2.15. The van der Waals surface area contributed by atoms with Crippen LogP contribution in [-0.2, 0) is 6.61 Å². The zero-order chi connectivity index (χ0) is 15.7. The lowest BCUT2D eigenvalue weighted by atomic mass is 10.2. The lowest BCUT2D eigenvalue weighted by molar-refractivity contribution is 0.307. The van der Waals surface area contributed by atoms with Crippen LogP contribution in [0.3, 0.4) is 0 Å². The normalized spacial score (nSPS) is 11.3. The van der Waals surface area contributed by atoms with Gasteiger partial charge in [-0.05, 0) is 56.3 Å². The van der Waals surface area contributed by atoms with Gasteiger partial charge in [0.15, 0.2) is 0 Å². The molecule has 1 N–H and O–H groups in total. The Hall–Kier alpha value is -2.13. The topological polar surface area (TPSA) is 34.4 Å². The lowest BCUT2D eigenvalue weighted by Crippen LogP contribution is -1.98. The van der Waals surface area contributed by atoms with E-state index >= 15 is 0 Å². The summed E-state index contributed by atoms with van der Waals surface area (Å²) in [6, 6.07) is 13.1. The molecule has 1 aromatic heterocycles. The van der Waals surface area contributed by atoms with E-state index in [4.69, 9.17) is 16.3 Å². The van der Waals surface area contributed by atoms with Crippen molar-refractivity contribution in [1.82, 2.24) is 4.57 Å². The Labute approximate surface area is 134 Å². The van der Waals surface area contributed by atoms with E-state index in [0.29, 0.717) is 17.7 Å². The molecular weight excluding hydrogens is 298 g/mol. The number of ether oxygens (including phenoxy) is 1. The summed E-state index contributed by atoms with van der Waals surface area (Å²) in [6.07, 6.45) is 2.09. The SMILES string of the molecule is CC(C)n1cc(COc2ccc(Cl)cc2)c2cc(O)ccc21. The summed E-state index contributed by atoms with van der Waals surface area (Å²) < 4.78 is 8.02. The number of nitrogens with zero attached hydrogens (tertiary/aromatic N) is 1. The number of hydrogen-bond donors (Lipinski definition) is 1. The van der Waals surface area contributed by atoms with E-state index in [0.717, 1.165) is 22.2 Å². The molecule has 4 heteroatoms. The number of fused-ring (bicyclic) bond motifs is 1. The number of rotatable bonds is 4. The molecule has 3 rings (SSSR count). The first kappa shape index (κ1) is 14.8. The number of phenols is 1. The van der Waals surface area contributed by atoms with Crippen LogP contribution in [0.1, 0.15) is 25.5 Å². The van der Waals surface area contributed by atoms with Gasteiger partial charge < -0.3 is 14.4 Å². The number of benzene rings is 2. The van der Waals surface area contributed by atoms with E-state index in [1.54, 1.807) is 24.3 Å². The molecule has 0 saturated heterocycles. The Morgan fingerprint density at radius 1 is 1.14 bits per heavy atom. The fourth-order valence-corrected chi connectivity index (χ4v) is 2.67. The highest BCUT2D eigenvalue weighted by Crippen LogP contribution is 2.29. The quantitative estimate of drug-likeness (QED) is 0.721. The van der Waals surface area contributed by atoms with Crippen LogP contribution in [-0.4, -0.2) is 9.67 Å². The zero-order valence-corrected chi connectivity index (χ0v) is 13.3. The summed E-state index contributed by atoms with van der Waals surface area (Å²) in [6.45, 7) is 4.72. The first-order valence-electron chi connectivity index (χ1n) is 7.25. The molecule has 0 atom stereocenters. The molecule has 1 heterocycles. The Kier molecular flexibility index (Phi) is 3.99. The second-order valence-corrected chi connectivity index (χ2v) is 6.04. The standard InChI is InChI=1S/C18H18ClNO2/c1-12(2)20-10-13(17-9-15(21)5-8-18(17)20)11-22-16-6-3-14(19)4-7-16/h3-10,12,21H,11H2,1-2H3. The Bertz CT molecular complexity index is 791. The van der Waals surface area contributed by atoms with E-state index in [9.17, 15) is 5.11 Å². The molecule has 114 valence electrons. The largest absolute Gasteiger partial charge is 0.508 e. The van der Waals surface area contributed by atoms with Gasteiger partial charge in [0, 0.05) is 33.7 Å². The van der Waals surface area contributed by atoms with Gasteiger partial charge in [-0.2, -0.15) is 0 Å². The fourth-order valence-electron chi connectivity index (χ4n) is 2.55. The number of halogens is 1. The molecule has 2 aromatic carbocycles. The molecule has 22 heavy (non-hydrogen) atoms. The van der Waals surface area contributed by atoms with Crippen LogP contribution >= 0.6 is 11.6 Å². The van der Waals surface area contributed by atoms with Crippen LogP contribution in [0, 0.1) is 0 Å². The number of phenolic OH excluding ortho intramolecular Hbond substituents is 1. The van der Waals surface area contributed by atoms with E-state index < -0.39 is 0 Å². The van der Waals surface area contributed by atoms with Crippen molar-refractivity contribution in [3.05, 3.63) is 59.2 Å². The second-order valence-electron chi connectivity index (χ2n) is 5.60. The average molecular weight is 316 g/mol. The summed E-state index contributed by atoms with van der Waals surface area (Å²) in [7, 11) is 0. The maximum Gasteiger partial charge on any atom is 0.119 e. The minimum atomic E-state index is 0.266. The van der Waals surface area contributed by atoms with Crippen LogP contribution < -0.4 is 4.74 Å². The van der Waals surface area contributed by atoms with Crippen molar-refractivity contribution in [3.63, 3.8) is 0 Å². The molecule has 0 aliphatic carbocycles. The maximum atomic E-state index is 9.75. The molecular formula is C18H18ClNO2. The number of aromatic hydroxyl groups is 1. The predicted molar refractivity (Wildman–Crippen MR) is 89.8 cm³/mol. The van der Waals surface area contributed by atoms with Crippen LogP contribution in [0.25, 0.3) is 10.9 Å². The van der Waals surface area contributed by atoms with E-state index in [2.05, 4.69) is 24.6 Å². The van der Waals surface area contributed by atoms with Gasteiger partial charge >= 0.3 is 0 Å². The van der Waals surface area contributed by atoms with Crippen molar-refractivity contribution in [1.29, 1.82) is 0 Å². The first-order chi connectivity index (χ1) is 10.5. The lowest BCUT2D eigenvalue weighted by Gasteiger charge is -2.08. The minimum Gasteiger partial charge on any atom is -0.508 e. The van der Waals surface area contributed by atoms with Crippen LogP contribution in [0.5, 0.6) is 11.5 Å². The van der Waals surface area contributed by atoms with E-state index in [1.807, 2.05) is 18.2 Å². The highest BCUT2D eigenvalue weighted by atomic mass is 35.5. The third-order valence-corrected chi connectivity index (χ3v) is 3.92. The summed E-state index contributed by atoms with van der Waals surface area (Å²) in [5.74, 6) is 1.04. The van der Waals surface area contributed by atoms with Gasteiger partial charge in [0.1, 0.15) is 18.1 Å². The molecule has 0 fully saturated rings. The molecule has 0 saturated carbocycles. The first-order valence-corrected chi connectivity index (χ1v) is 7.63. The van der Waals surface area contributed by atoms with E-state index in [-0.39, 0.29) is 5.75 Å². The van der Waals surface area contributed by atoms with Crippen molar-refractivity contribution in [3.8, 4) is 11.5 Å². The van der Waals surface area contributed by atoms with Gasteiger partial charge in [0.25, 0.3) is 0 Å². The molecule has 0 bridgehead atoms. The summed E-state index contributed by atoms with van der Waals surface area (Å²) >= 11 is 5.88. The van der Waals surface area contributed by atoms with Crippen molar-refractivity contribution >= 4 is 22.5 Å². The highest BCUT2D eigenvalue weighted by Gasteiger charge is 2.12. The van der Waals surface area contributed by atoms with Crippen molar-refractivity contribution in [2.45, 2.75) is 26.5 Å². The highest BCUT2D eigenvalue weighted by molar-refractivity contribution is 6.30. The van der Waals surface area contributed by atoms with Crippen molar-refractivity contribution in [2.75, 3.05) is 0 Å². The molecule has 0 amide bonds. The second kappa shape index (κ2) is 5.93. The number of aromatic nitrogens is 1. The molecule has 0 aliphatic heterocycles. The number of hydrogen-bond acceptors (Lipinski definition) is 2. The van der Waals surface area contributed by atoms with Gasteiger partial charge in [0.05, 0.1) is 0 Å². The van der Waals surface area contributed by atoms with Crippen LogP contribution in [0.15, 0.2) is 48.7 Å². The monoisotopic (exact) mass is 315 g/mol. The van der Waals surface area contributed by atoms with Gasteiger partial charge in [-0.1, -0.05) is 11.6 Å². The maximum absolute atomic E-state index is 9.75. The summed E-state index contributed by atoms with van der Waals surface area (Å²) in [4.78, 5) is 0. The third kappa shape index (κ3) is 2.90. The molecule has 3 aromatic rings. The molecule has 0 radical (unpaired) electrons. The van der Waals surface area contributed by atoms with Crippen molar-refractivity contribution in [2.24, 2.45) is 0 Å². The van der Waals surface area contributed by atoms with Gasteiger partial charge in [-0.15, -0.1) is 0 Å². The van der Waals surface area contributed by atoms with Crippen LogP contribution in [0.4, 0.5) is 0 Å². The third-order valence-electron chi connectivity index (χ3n) is 3.66. The summed E-state index contributed by atoms with van der Waals surface area (Å²) in [5, 5.41) is 11.5. The molecule has 0 aliphatic rings. The van der Waals surface area contributed by atoms with Gasteiger partial charge in [-0.3, -0.25) is 0 Å². The van der Waals surface area contributed by atoms with Gasteiger partial charge in [0.2, 0.25) is 0 Å². The smallest absolute Gasteiger partial charge is 0.119 e.